The van der Waals surface area contributed by atoms with Gasteiger partial charge in [-0.1, -0.05) is 20.8 Å². The van der Waals surface area contributed by atoms with Gasteiger partial charge in [-0.25, -0.2) is 0 Å². The third-order valence-electron chi connectivity index (χ3n) is 3.17. The quantitative estimate of drug-likeness (QED) is 0.908. The first-order chi connectivity index (χ1) is 8.87. The molecule has 0 spiro atoms. The highest BCUT2D eigenvalue weighted by Crippen LogP contribution is 2.40. The van der Waals surface area contributed by atoms with E-state index in [1.54, 1.807) is 0 Å². The summed E-state index contributed by atoms with van der Waals surface area (Å²) in [6.45, 7) is 7.66. The predicted molar refractivity (Wildman–Crippen MR) is 78.8 cm³/mol. The molecule has 1 aliphatic heterocycles. The molecule has 0 bridgehead atoms. The molecular formula is C15H21BrO3. The minimum atomic E-state index is -0.466. The van der Waals surface area contributed by atoms with Gasteiger partial charge in [0.05, 0.1) is 10.6 Å². The standard InChI is InChI=1S/C15H21BrO3/c1-15(2,3)5-4-12(17)10-8-11(16)14-13(9-10)18-6-7-19-14/h8-9,12,17H,4-7H2,1-3H3. The first kappa shape index (κ1) is 14.7. The molecule has 1 unspecified atom stereocenters. The van der Waals surface area contributed by atoms with Crippen molar-refractivity contribution in [2.24, 2.45) is 5.41 Å². The lowest BCUT2D eigenvalue weighted by Crippen LogP contribution is -2.16. The van der Waals surface area contributed by atoms with Crippen molar-refractivity contribution in [3.63, 3.8) is 0 Å². The first-order valence-electron chi connectivity index (χ1n) is 6.64. The van der Waals surface area contributed by atoms with Gasteiger partial charge in [0.25, 0.3) is 0 Å². The molecule has 1 aromatic rings. The molecular weight excluding hydrogens is 308 g/mol. The van der Waals surface area contributed by atoms with Crippen LogP contribution in [0.2, 0.25) is 0 Å². The van der Waals surface area contributed by atoms with E-state index >= 15 is 0 Å². The molecule has 1 atom stereocenters. The summed E-state index contributed by atoms with van der Waals surface area (Å²) in [5.41, 5.74) is 1.10. The summed E-state index contributed by atoms with van der Waals surface area (Å²) in [7, 11) is 0. The summed E-state index contributed by atoms with van der Waals surface area (Å²) in [6.07, 6.45) is 1.25. The summed E-state index contributed by atoms with van der Waals surface area (Å²) in [5, 5.41) is 10.3. The third kappa shape index (κ3) is 3.86. The lowest BCUT2D eigenvalue weighted by atomic mass is 9.88. The number of fused-ring (bicyclic) bond motifs is 1. The summed E-state index contributed by atoms with van der Waals surface area (Å²) >= 11 is 3.48. The fourth-order valence-corrected chi connectivity index (χ4v) is 2.63. The van der Waals surface area contributed by atoms with E-state index in [1.807, 2.05) is 12.1 Å². The van der Waals surface area contributed by atoms with Crippen molar-refractivity contribution in [1.82, 2.24) is 0 Å². The highest BCUT2D eigenvalue weighted by Gasteiger charge is 2.20. The summed E-state index contributed by atoms with van der Waals surface area (Å²) in [6, 6.07) is 3.80. The Morgan fingerprint density at radius 1 is 1.26 bits per heavy atom. The topological polar surface area (TPSA) is 38.7 Å². The molecule has 4 heteroatoms. The van der Waals surface area contributed by atoms with Crippen molar-refractivity contribution in [1.29, 1.82) is 0 Å². The number of halogens is 1. The molecule has 0 aromatic heterocycles. The molecule has 1 N–H and O–H groups in total. The molecule has 0 fully saturated rings. The van der Waals surface area contributed by atoms with Crippen LogP contribution in [-0.2, 0) is 0 Å². The van der Waals surface area contributed by atoms with E-state index in [0.29, 0.717) is 19.0 Å². The van der Waals surface area contributed by atoms with E-state index in [0.717, 1.165) is 28.6 Å². The zero-order valence-electron chi connectivity index (χ0n) is 11.7. The van der Waals surface area contributed by atoms with Crippen LogP contribution in [-0.4, -0.2) is 18.3 Å². The van der Waals surface area contributed by atoms with Crippen LogP contribution in [0.3, 0.4) is 0 Å². The van der Waals surface area contributed by atoms with Gasteiger partial charge in [0, 0.05) is 0 Å². The van der Waals surface area contributed by atoms with Crippen molar-refractivity contribution >= 4 is 15.9 Å². The largest absolute Gasteiger partial charge is 0.486 e. The number of rotatable bonds is 3. The fraction of sp³-hybridized carbons (Fsp3) is 0.600. The molecule has 0 saturated carbocycles. The molecule has 106 valence electrons. The maximum absolute atomic E-state index is 10.3. The molecule has 1 aliphatic rings. The third-order valence-corrected chi connectivity index (χ3v) is 3.76. The van der Waals surface area contributed by atoms with Crippen molar-refractivity contribution in [3.8, 4) is 11.5 Å². The Balaban J connectivity index is 2.14. The molecule has 1 heterocycles. The maximum atomic E-state index is 10.3. The Morgan fingerprint density at radius 3 is 2.63 bits per heavy atom. The summed E-state index contributed by atoms with van der Waals surface area (Å²) in [5.74, 6) is 1.45. The number of aliphatic hydroxyl groups is 1. The summed E-state index contributed by atoms with van der Waals surface area (Å²) < 4.78 is 12.0. The Bertz CT molecular complexity index is 451. The van der Waals surface area contributed by atoms with Gasteiger partial charge in [-0.15, -0.1) is 0 Å². The predicted octanol–water partition coefficient (Wildman–Crippen LogP) is 4.08. The van der Waals surface area contributed by atoms with Gasteiger partial charge in [-0.2, -0.15) is 0 Å². The van der Waals surface area contributed by atoms with E-state index < -0.39 is 6.10 Å². The highest BCUT2D eigenvalue weighted by molar-refractivity contribution is 9.10. The van der Waals surface area contributed by atoms with Crippen molar-refractivity contribution in [2.75, 3.05) is 13.2 Å². The van der Waals surface area contributed by atoms with Gasteiger partial charge in [0.15, 0.2) is 11.5 Å². The average Bonchev–Trinajstić information content (AvgIpc) is 2.35. The van der Waals surface area contributed by atoms with Crippen LogP contribution in [0.1, 0.15) is 45.3 Å². The van der Waals surface area contributed by atoms with E-state index in [1.165, 1.54) is 0 Å². The number of aliphatic hydroxyl groups excluding tert-OH is 1. The van der Waals surface area contributed by atoms with Crippen LogP contribution in [0.4, 0.5) is 0 Å². The molecule has 2 rings (SSSR count). The molecule has 19 heavy (non-hydrogen) atoms. The van der Waals surface area contributed by atoms with E-state index in [9.17, 15) is 5.11 Å². The van der Waals surface area contributed by atoms with E-state index in [2.05, 4.69) is 36.7 Å². The smallest absolute Gasteiger partial charge is 0.175 e. The Kier molecular flexibility index (Phi) is 4.41. The Hall–Kier alpha value is -0.740. The molecule has 0 saturated heterocycles. The SMILES string of the molecule is CC(C)(C)CCC(O)c1cc(Br)c2c(c1)OCCO2. The van der Waals surface area contributed by atoms with Crippen LogP contribution in [0, 0.1) is 5.41 Å². The lowest BCUT2D eigenvalue weighted by molar-refractivity contribution is 0.144. The van der Waals surface area contributed by atoms with Crippen LogP contribution in [0.25, 0.3) is 0 Å². The van der Waals surface area contributed by atoms with Gasteiger partial charge >= 0.3 is 0 Å². The second kappa shape index (κ2) is 5.71. The van der Waals surface area contributed by atoms with Crippen LogP contribution >= 0.6 is 15.9 Å². The zero-order chi connectivity index (χ0) is 14.0. The van der Waals surface area contributed by atoms with E-state index in [4.69, 9.17) is 9.47 Å². The lowest BCUT2D eigenvalue weighted by Gasteiger charge is -2.23. The zero-order valence-corrected chi connectivity index (χ0v) is 13.3. The van der Waals surface area contributed by atoms with Crippen LogP contribution < -0.4 is 9.47 Å². The normalized spacial score (nSPS) is 16.3. The minimum Gasteiger partial charge on any atom is -0.486 e. The second-order valence-corrected chi connectivity index (χ2v) is 7.00. The first-order valence-corrected chi connectivity index (χ1v) is 7.43. The molecule has 0 amide bonds. The highest BCUT2D eigenvalue weighted by atomic mass is 79.9. The Labute approximate surface area is 123 Å². The number of benzene rings is 1. The van der Waals surface area contributed by atoms with Crippen LogP contribution in [0.15, 0.2) is 16.6 Å². The molecule has 0 radical (unpaired) electrons. The molecule has 0 aliphatic carbocycles. The van der Waals surface area contributed by atoms with Crippen LogP contribution in [0.5, 0.6) is 11.5 Å². The van der Waals surface area contributed by atoms with Gasteiger partial charge in [-0.05, 0) is 51.9 Å². The van der Waals surface area contributed by atoms with Gasteiger partial charge in [-0.3, -0.25) is 0 Å². The molecule has 3 nitrogen and oxygen atoms in total. The van der Waals surface area contributed by atoms with Gasteiger partial charge < -0.3 is 14.6 Å². The minimum absolute atomic E-state index is 0.228. The monoisotopic (exact) mass is 328 g/mol. The number of hydrogen-bond donors (Lipinski definition) is 1. The van der Waals surface area contributed by atoms with Crippen molar-refractivity contribution in [3.05, 3.63) is 22.2 Å². The average molecular weight is 329 g/mol. The van der Waals surface area contributed by atoms with Crippen molar-refractivity contribution < 1.29 is 14.6 Å². The maximum Gasteiger partial charge on any atom is 0.175 e. The van der Waals surface area contributed by atoms with Gasteiger partial charge in [0.1, 0.15) is 13.2 Å². The fourth-order valence-electron chi connectivity index (χ4n) is 2.06. The summed E-state index contributed by atoms with van der Waals surface area (Å²) in [4.78, 5) is 0. The van der Waals surface area contributed by atoms with E-state index in [-0.39, 0.29) is 5.41 Å². The second-order valence-electron chi connectivity index (χ2n) is 6.14. The number of hydrogen-bond acceptors (Lipinski definition) is 3. The number of ether oxygens (including phenoxy) is 2. The molecule has 1 aromatic carbocycles. The Morgan fingerprint density at radius 2 is 1.95 bits per heavy atom. The van der Waals surface area contributed by atoms with Gasteiger partial charge in [0.2, 0.25) is 0 Å². The van der Waals surface area contributed by atoms with Crippen molar-refractivity contribution in [2.45, 2.75) is 39.7 Å².